The third-order valence-corrected chi connectivity index (χ3v) is 7.09. The van der Waals surface area contributed by atoms with E-state index in [1.54, 1.807) is 0 Å². The largest absolute Gasteiger partial charge is 0.493 e. The molecule has 0 spiro atoms. The normalized spacial score (nSPS) is 26.2. The van der Waals surface area contributed by atoms with Crippen LogP contribution >= 0.6 is 11.6 Å². The Kier molecular flexibility index (Phi) is 5.27. The van der Waals surface area contributed by atoms with E-state index in [2.05, 4.69) is 4.72 Å². The number of carbonyl (C=O) groups is 1. The van der Waals surface area contributed by atoms with Gasteiger partial charge >= 0.3 is 5.97 Å². The predicted molar refractivity (Wildman–Crippen MR) is 105 cm³/mol. The van der Waals surface area contributed by atoms with Gasteiger partial charge in [0.15, 0.2) is 0 Å². The van der Waals surface area contributed by atoms with Gasteiger partial charge in [0.25, 0.3) is 0 Å². The molecule has 29 heavy (non-hydrogen) atoms. The summed E-state index contributed by atoms with van der Waals surface area (Å²) < 4.78 is 48.8. The minimum Gasteiger partial charge on any atom is -0.493 e. The van der Waals surface area contributed by atoms with Crippen LogP contribution < -0.4 is 4.72 Å². The molecule has 1 aliphatic heterocycles. The molecule has 154 valence electrons. The molecule has 9 heteroatoms. The van der Waals surface area contributed by atoms with E-state index in [1.165, 1.54) is 30.3 Å². The number of hydrogen-bond acceptors (Lipinski definition) is 4. The summed E-state index contributed by atoms with van der Waals surface area (Å²) in [5, 5.41) is 9.73. The Balaban J connectivity index is 1.62. The number of alkyl halides is 1. The van der Waals surface area contributed by atoms with Gasteiger partial charge in [-0.1, -0.05) is 23.8 Å². The fraction of sp³-hybridized carbons (Fsp3) is 0.350. The molecule has 0 saturated heterocycles. The highest BCUT2D eigenvalue weighted by Crippen LogP contribution is 2.47. The monoisotopic (exact) mass is 439 g/mol. The first-order valence-corrected chi connectivity index (χ1v) is 11.0. The van der Waals surface area contributed by atoms with Gasteiger partial charge in [-0.25, -0.2) is 17.5 Å². The van der Waals surface area contributed by atoms with Gasteiger partial charge in [0.2, 0.25) is 10.0 Å². The van der Waals surface area contributed by atoms with Crippen LogP contribution in [0.3, 0.4) is 0 Å². The standard InChI is InChI=1S/C20H19ClFNO5S/c21-12-3-5-13(6-4-12)29(26,27)23-10-17-14-2-1-7-28-19(14)16-9-11(20(24)25)8-15(16)18(17)22/h2-6,8,11,17-18,23H,1,7,9-10H2,(H,24,25). The molecular formula is C20H19ClFNO5S. The van der Waals surface area contributed by atoms with Crippen molar-refractivity contribution in [2.75, 3.05) is 13.2 Å². The summed E-state index contributed by atoms with van der Waals surface area (Å²) in [7, 11) is -3.86. The minimum atomic E-state index is -3.86. The zero-order chi connectivity index (χ0) is 20.8. The van der Waals surface area contributed by atoms with Gasteiger partial charge in [0.05, 0.1) is 17.4 Å². The maximum Gasteiger partial charge on any atom is 0.310 e. The number of benzene rings is 1. The number of hydrogen-bond donors (Lipinski definition) is 2. The summed E-state index contributed by atoms with van der Waals surface area (Å²) in [5.74, 6) is -2.12. The molecule has 0 amide bonds. The van der Waals surface area contributed by atoms with Crippen LogP contribution in [0.5, 0.6) is 0 Å². The van der Waals surface area contributed by atoms with Gasteiger partial charge in [-0.3, -0.25) is 4.79 Å². The average molecular weight is 440 g/mol. The van der Waals surface area contributed by atoms with Gasteiger partial charge in [0, 0.05) is 29.5 Å². The Morgan fingerprint density at radius 3 is 2.69 bits per heavy atom. The second-order valence-corrected chi connectivity index (χ2v) is 9.39. The van der Waals surface area contributed by atoms with Gasteiger partial charge < -0.3 is 9.84 Å². The SMILES string of the molecule is O=C(O)C1C=C2C(=C3OCCC=C3C(CNS(=O)(=O)c3ccc(Cl)cc3)C2F)C1. The van der Waals surface area contributed by atoms with Crippen LogP contribution in [-0.2, 0) is 19.6 Å². The van der Waals surface area contributed by atoms with E-state index in [1.807, 2.05) is 6.08 Å². The molecule has 4 rings (SSSR count). The third-order valence-electron chi connectivity index (χ3n) is 5.40. The third kappa shape index (κ3) is 3.72. The molecule has 1 heterocycles. The summed E-state index contributed by atoms with van der Waals surface area (Å²) in [5.41, 5.74) is 1.47. The maximum atomic E-state index is 15.4. The molecule has 6 nitrogen and oxygen atoms in total. The first kappa shape index (κ1) is 20.1. The predicted octanol–water partition coefficient (Wildman–Crippen LogP) is 3.22. The van der Waals surface area contributed by atoms with E-state index in [9.17, 15) is 18.3 Å². The molecular weight excluding hydrogens is 421 g/mol. The number of fused-ring (bicyclic) bond motifs is 2. The summed E-state index contributed by atoms with van der Waals surface area (Å²) in [6, 6.07) is 5.69. The maximum absolute atomic E-state index is 15.4. The fourth-order valence-electron chi connectivity index (χ4n) is 3.97. The lowest BCUT2D eigenvalue weighted by molar-refractivity contribution is -0.139. The van der Waals surface area contributed by atoms with Gasteiger partial charge in [0.1, 0.15) is 11.9 Å². The number of carboxylic acids is 1. The number of aliphatic carboxylic acids is 1. The zero-order valence-corrected chi connectivity index (χ0v) is 16.8. The Morgan fingerprint density at radius 2 is 2.00 bits per heavy atom. The molecule has 2 N–H and O–H groups in total. The van der Waals surface area contributed by atoms with E-state index < -0.39 is 34.0 Å². The van der Waals surface area contributed by atoms with Crippen molar-refractivity contribution in [3.8, 4) is 0 Å². The average Bonchev–Trinajstić information content (AvgIpc) is 3.15. The van der Waals surface area contributed by atoms with Crippen molar-refractivity contribution >= 4 is 27.6 Å². The van der Waals surface area contributed by atoms with Crippen LogP contribution in [0, 0.1) is 11.8 Å². The molecule has 0 aromatic heterocycles. The van der Waals surface area contributed by atoms with Crippen molar-refractivity contribution in [1.29, 1.82) is 0 Å². The van der Waals surface area contributed by atoms with Crippen LogP contribution in [0.15, 0.2) is 63.8 Å². The number of sulfonamides is 1. The first-order chi connectivity index (χ1) is 13.8. The number of carboxylic acid groups (broad SMARTS) is 1. The molecule has 0 radical (unpaired) electrons. The highest BCUT2D eigenvalue weighted by Gasteiger charge is 2.44. The molecule has 1 aromatic carbocycles. The second kappa shape index (κ2) is 7.59. The summed E-state index contributed by atoms with van der Waals surface area (Å²) in [6.07, 6.45) is 2.52. The fourth-order valence-corrected chi connectivity index (χ4v) is 5.16. The van der Waals surface area contributed by atoms with Crippen molar-refractivity contribution in [2.45, 2.75) is 23.9 Å². The van der Waals surface area contributed by atoms with Gasteiger partial charge in [-0.05, 0) is 41.8 Å². The lowest BCUT2D eigenvalue weighted by Crippen LogP contribution is -2.38. The zero-order valence-electron chi connectivity index (χ0n) is 15.3. The Morgan fingerprint density at radius 1 is 1.28 bits per heavy atom. The van der Waals surface area contributed by atoms with E-state index in [0.717, 1.165) is 0 Å². The highest BCUT2D eigenvalue weighted by molar-refractivity contribution is 7.89. The van der Waals surface area contributed by atoms with E-state index in [-0.39, 0.29) is 17.9 Å². The quantitative estimate of drug-likeness (QED) is 0.734. The van der Waals surface area contributed by atoms with E-state index in [4.69, 9.17) is 16.3 Å². The van der Waals surface area contributed by atoms with Crippen LogP contribution in [0.2, 0.25) is 5.02 Å². The van der Waals surface area contributed by atoms with Crippen molar-refractivity contribution in [3.05, 3.63) is 63.9 Å². The molecule has 3 aliphatic rings. The summed E-state index contributed by atoms with van der Waals surface area (Å²) >= 11 is 5.80. The molecule has 3 unspecified atom stereocenters. The van der Waals surface area contributed by atoms with E-state index in [0.29, 0.717) is 40.5 Å². The lowest BCUT2D eigenvalue weighted by atomic mass is 9.79. The number of halogens is 2. The van der Waals surface area contributed by atoms with Crippen LogP contribution in [0.1, 0.15) is 12.8 Å². The Hall–Kier alpha value is -2.16. The first-order valence-electron chi connectivity index (χ1n) is 9.18. The Labute approximate surface area is 172 Å². The highest BCUT2D eigenvalue weighted by atomic mass is 35.5. The number of allylic oxidation sites excluding steroid dienone is 3. The lowest BCUT2D eigenvalue weighted by Gasteiger charge is -2.35. The van der Waals surface area contributed by atoms with Crippen LogP contribution in [0.4, 0.5) is 4.39 Å². The molecule has 2 aliphatic carbocycles. The smallest absolute Gasteiger partial charge is 0.310 e. The van der Waals surface area contributed by atoms with E-state index >= 15 is 4.39 Å². The molecule has 3 atom stereocenters. The minimum absolute atomic E-state index is 0.0319. The van der Waals surface area contributed by atoms with Crippen molar-refractivity contribution < 1.29 is 27.4 Å². The second-order valence-electron chi connectivity index (χ2n) is 7.19. The van der Waals surface area contributed by atoms with Crippen molar-refractivity contribution in [2.24, 2.45) is 11.8 Å². The molecule has 1 aromatic rings. The molecule has 0 bridgehead atoms. The van der Waals surface area contributed by atoms with Gasteiger partial charge in [-0.2, -0.15) is 0 Å². The van der Waals surface area contributed by atoms with Gasteiger partial charge in [-0.15, -0.1) is 0 Å². The number of nitrogens with one attached hydrogen (secondary N) is 1. The molecule has 0 saturated carbocycles. The number of rotatable bonds is 5. The van der Waals surface area contributed by atoms with Crippen molar-refractivity contribution in [3.63, 3.8) is 0 Å². The van der Waals surface area contributed by atoms with Crippen LogP contribution in [-0.4, -0.2) is 38.8 Å². The van der Waals surface area contributed by atoms with Crippen LogP contribution in [0.25, 0.3) is 0 Å². The summed E-state index contributed by atoms with van der Waals surface area (Å²) in [6.45, 7) is 0.251. The summed E-state index contributed by atoms with van der Waals surface area (Å²) in [4.78, 5) is 11.4. The molecule has 0 fully saturated rings. The Bertz CT molecular complexity index is 1050. The van der Waals surface area contributed by atoms with Crippen molar-refractivity contribution in [1.82, 2.24) is 4.72 Å². The topological polar surface area (TPSA) is 92.7 Å². The number of ether oxygens (including phenoxy) is 1.